The molecule has 0 unspecified atom stereocenters. The van der Waals surface area contributed by atoms with Gasteiger partial charge in [-0.1, -0.05) is 41.0 Å². The average molecular weight is 461 g/mol. The predicted molar refractivity (Wildman–Crippen MR) is 140 cm³/mol. The van der Waals surface area contributed by atoms with Gasteiger partial charge in [-0.05, 0) is 96.4 Å². The first-order valence-corrected chi connectivity index (χ1v) is 11.8. The maximum atomic E-state index is 13.7. The molecule has 0 atom stereocenters. The van der Waals surface area contributed by atoms with Crippen molar-refractivity contribution in [2.75, 3.05) is 0 Å². The molecule has 0 fully saturated rings. The first-order chi connectivity index (χ1) is 15.9. The first-order valence-electron chi connectivity index (χ1n) is 11.8. The quantitative estimate of drug-likeness (QED) is 0.383. The number of carbonyl (C=O) groups is 1. The van der Waals surface area contributed by atoms with Crippen molar-refractivity contribution in [1.82, 2.24) is 0 Å². The fourth-order valence-corrected chi connectivity index (χ4v) is 4.68. The van der Waals surface area contributed by atoms with Crippen molar-refractivity contribution in [2.45, 2.75) is 73.1 Å². The lowest BCUT2D eigenvalue weighted by Gasteiger charge is -2.39. The van der Waals surface area contributed by atoms with Crippen molar-refractivity contribution >= 4 is 16.6 Å². The molecule has 1 aliphatic carbocycles. The van der Waals surface area contributed by atoms with Gasteiger partial charge < -0.3 is 15.3 Å². The maximum absolute atomic E-state index is 13.7. The van der Waals surface area contributed by atoms with Crippen LogP contribution in [0.15, 0.2) is 64.5 Å². The van der Waals surface area contributed by atoms with Crippen molar-refractivity contribution in [1.29, 1.82) is 0 Å². The molecule has 4 nitrogen and oxygen atoms in total. The molecule has 3 rings (SSSR count). The minimum Gasteiger partial charge on any atom is -0.511 e. The first kappa shape index (κ1) is 25.4. The van der Waals surface area contributed by atoms with Crippen molar-refractivity contribution in [2.24, 2.45) is 0 Å². The van der Waals surface area contributed by atoms with E-state index in [0.29, 0.717) is 29.4 Å². The third kappa shape index (κ3) is 4.54. The molecular weight excluding hydrogens is 424 g/mol. The van der Waals surface area contributed by atoms with Gasteiger partial charge in [0.25, 0.3) is 0 Å². The van der Waals surface area contributed by atoms with Crippen molar-refractivity contribution < 1.29 is 20.1 Å². The Hall–Kier alpha value is -3.27. The molecular formula is C30H36O4. The molecule has 34 heavy (non-hydrogen) atoms. The van der Waals surface area contributed by atoms with Crippen molar-refractivity contribution in [3.05, 3.63) is 81.2 Å². The molecule has 3 N–H and O–H groups in total. The van der Waals surface area contributed by atoms with Gasteiger partial charge in [0, 0.05) is 5.57 Å². The summed E-state index contributed by atoms with van der Waals surface area (Å²) in [6.45, 7) is 13.8. The SMILES string of the molecule is CC(C)=CCC1=C(O)C(CC=C(C)C)(CC=C(C)C)c2cc3cc(C)cc(O)c3c(O)c2C1=O. The van der Waals surface area contributed by atoms with Crippen molar-refractivity contribution in [3.8, 4) is 11.5 Å². The number of ketones is 1. The molecule has 0 radical (unpaired) electrons. The van der Waals surface area contributed by atoms with E-state index in [2.05, 4.69) is 12.2 Å². The van der Waals surface area contributed by atoms with Gasteiger partial charge >= 0.3 is 0 Å². The summed E-state index contributed by atoms with van der Waals surface area (Å²) in [6, 6.07) is 5.32. The van der Waals surface area contributed by atoms with E-state index in [9.17, 15) is 20.1 Å². The Morgan fingerprint density at radius 2 is 1.41 bits per heavy atom. The Bertz CT molecular complexity index is 1250. The van der Waals surface area contributed by atoms with Crippen LogP contribution in [-0.2, 0) is 5.41 Å². The van der Waals surface area contributed by atoms with Crippen LogP contribution >= 0.6 is 0 Å². The Morgan fingerprint density at radius 1 is 0.853 bits per heavy atom. The van der Waals surface area contributed by atoms with Crippen LogP contribution in [0.1, 0.15) is 82.3 Å². The summed E-state index contributed by atoms with van der Waals surface area (Å²) in [4.78, 5) is 13.7. The second-order valence-electron chi connectivity index (χ2n) is 10.2. The molecule has 0 amide bonds. The standard InChI is InChI=1S/C30H36O4/c1-17(2)8-9-22-27(32)26-23(16-21-14-20(7)15-24(31)25(21)28(26)33)30(29(22)34,12-10-18(3)4)13-11-19(5)6/h8,10-11,14-16,31,33-34H,9,12-13H2,1-7H3. The highest BCUT2D eigenvalue weighted by atomic mass is 16.3. The smallest absolute Gasteiger partial charge is 0.196 e. The van der Waals surface area contributed by atoms with Crippen LogP contribution in [0.4, 0.5) is 0 Å². The number of phenolic OH excluding ortho intramolecular Hbond substituents is 2. The summed E-state index contributed by atoms with van der Waals surface area (Å²) < 4.78 is 0. The number of carbonyl (C=O) groups excluding carboxylic acids is 1. The fraction of sp³-hybridized carbons (Fsp3) is 0.367. The van der Waals surface area contributed by atoms with Gasteiger partial charge in [0.1, 0.15) is 17.3 Å². The van der Waals surface area contributed by atoms with E-state index < -0.39 is 11.2 Å². The lowest BCUT2D eigenvalue weighted by atomic mass is 9.64. The molecule has 0 aromatic heterocycles. The van der Waals surface area contributed by atoms with Gasteiger partial charge in [-0.25, -0.2) is 0 Å². The van der Waals surface area contributed by atoms with E-state index >= 15 is 0 Å². The predicted octanol–water partition coefficient (Wildman–Crippen LogP) is 7.87. The Labute approximate surface area is 202 Å². The molecule has 1 aliphatic rings. The molecule has 2 aromatic carbocycles. The van der Waals surface area contributed by atoms with Crippen LogP contribution in [0.5, 0.6) is 11.5 Å². The largest absolute Gasteiger partial charge is 0.511 e. The van der Waals surface area contributed by atoms with Crippen LogP contribution < -0.4 is 0 Å². The van der Waals surface area contributed by atoms with Gasteiger partial charge in [0.15, 0.2) is 5.78 Å². The monoisotopic (exact) mass is 460 g/mol. The van der Waals surface area contributed by atoms with Crippen LogP contribution in [0, 0.1) is 6.92 Å². The second-order valence-corrected chi connectivity index (χ2v) is 10.2. The zero-order chi connectivity index (χ0) is 25.4. The van der Waals surface area contributed by atoms with Crippen LogP contribution in [-0.4, -0.2) is 21.1 Å². The molecule has 0 bridgehead atoms. The number of hydrogen-bond donors (Lipinski definition) is 3. The highest BCUT2D eigenvalue weighted by Gasteiger charge is 2.46. The lowest BCUT2D eigenvalue weighted by molar-refractivity contribution is 0.100. The Balaban J connectivity index is 2.50. The van der Waals surface area contributed by atoms with Gasteiger partial charge in [0.05, 0.1) is 16.4 Å². The number of Topliss-reactive ketones (excluding diaryl/α,β-unsaturated/α-hetero) is 1. The molecule has 0 spiro atoms. The fourth-order valence-electron chi connectivity index (χ4n) is 4.68. The number of aryl methyl sites for hydroxylation is 1. The number of rotatable bonds is 6. The van der Waals surface area contributed by atoms with Crippen molar-refractivity contribution in [3.63, 3.8) is 0 Å². The number of benzene rings is 2. The minimum absolute atomic E-state index is 0.0630. The highest BCUT2D eigenvalue weighted by molar-refractivity contribution is 6.17. The lowest BCUT2D eigenvalue weighted by Crippen LogP contribution is -2.36. The summed E-state index contributed by atoms with van der Waals surface area (Å²) in [5, 5.41) is 34.7. The summed E-state index contributed by atoms with van der Waals surface area (Å²) >= 11 is 0. The maximum Gasteiger partial charge on any atom is 0.196 e. The van der Waals surface area contributed by atoms with Crippen LogP contribution in [0.25, 0.3) is 10.8 Å². The molecule has 0 heterocycles. The zero-order valence-corrected chi connectivity index (χ0v) is 21.3. The van der Waals surface area contributed by atoms with E-state index in [1.807, 2.05) is 66.7 Å². The number of fused-ring (bicyclic) bond motifs is 2. The normalized spacial score (nSPS) is 14.6. The van der Waals surface area contributed by atoms with Gasteiger partial charge in [-0.3, -0.25) is 4.79 Å². The summed E-state index contributed by atoms with van der Waals surface area (Å²) in [5.74, 6) is -0.620. The molecule has 0 aliphatic heterocycles. The number of aromatic hydroxyl groups is 2. The summed E-state index contributed by atoms with van der Waals surface area (Å²) in [6.07, 6.45) is 7.29. The number of allylic oxidation sites excluding steroid dienone is 8. The summed E-state index contributed by atoms with van der Waals surface area (Å²) in [5.41, 5.74) is 4.24. The molecule has 4 heteroatoms. The highest BCUT2D eigenvalue weighted by Crippen LogP contribution is 2.52. The van der Waals surface area contributed by atoms with Gasteiger partial charge in [-0.15, -0.1) is 0 Å². The molecule has 0 saturated carbocycles. The van der Waals surface area contributed by atoms with Gasteiger partial charge in [0.2, 0.25) is 0 Å². The van der Waals surface area contributed by atoms with E-state index in [4.69, 9.17) is 0 Å². The van der Waals surface area contributed by atoms with E-state index in [1.54, 1.807) is 6.07 Å². The second kappa shape index (κ2) is 9.54. The molecule has 180 valence electrons. The molecule has 0 saturated heterocycles. The number of aliphatic hydroxyl groups excluding tert-OH is 1. The third-order valence-corrected chi connectivity index (χ3v) is 6.52. The minimum atomic E-state index is -0.909. The molecule has 2 aromatic rings. The third-order valence-electron chi connectivity index (χ3n) is 6.52. The van der Waals surface area contributed by atoms with Gasteiger partial charge in [-0.2, -0.15) is 0 Å². The Morgan fingerprint density at radius 3 is 1.94 bits per heavy atom. The Kier molecular flexibility index (Phi) is 7.11. The summed E-state index contributed by atoms with van der Waals surface area (Å²) in [7, 11) is 0. The van der Waals surface area contributed by atoms with E-state index in [-0.39, 0.29) is 34.6 Å². The van der Waals surface area contributed by atoms with E-state index in [1.165, 1.54) is 0 Å². The number of aliphatic hydroxyl groups is 1. The van der Waals surface area contributed by atoms with E-state index in [0.717, 1.165) is 22.3 Å². The zero-order valence-electron chi connectivity index (χ0n) is 21.3. The van der Waals surface area contributed by atoms with Crippen LogP contribution in [0.3, 0.4) is 0 Å². The number of hydrogen-bond acceptors (Lipinski definition) is 4. The average Bonchev–Trinajstić information content (AvgIpc) is 2.72. The number of phenols is 2. The topological polar surface area (TPSA) is 77.8 Å². The van der Waals surface area contributed by atoms with Crippen LogP contribution in [0.2, 0.25) is 0 Å².